The van der Waals surface area contributed by atoms with Crippen molar-refractivity contribution in [1.29, 1.82) is 0 Å². The molecule has 0 radical (unpaired) electrons. The van der Waals surface area contributed by atoms with Gasteiger partial charge in [-0.2, -0.15) is 0 Å². The highest BCUT2D eigenvalue weighted by Gasteiger charge is 2.16. The number of carbonyl (C=O) groups excluding carboxylic acids is 1. The fourth-order valence-corrected chi connectivity index (χ4v) is 1.92. The second-order valence-electron chi connectivity index (χ2n) is 4.01. The molecule has 1 aliphatic heterocycles. The van der Waals surface area contributed by atoms with Gasteiger partial charge in [-0.25, -0.2) is 9.97 Å². The van der Waals surface area contributed by atoms with Crippen LogP contribution in [0, 0.1) is 0 Å². The molecule has 6 nitrogen and oxygen atoms in total. The average Bonchev–Trinajstić information content (AvgIpc) is 2.49. The number of anilines is 1. The summed E-state index contributed by atoms with van der Waals surface area (Å²) in [5, 5.41) is 2.73. The number of ether oxygens (including phenoxy) is 2. The molecule has 1 aliphatic rings. The highest BCUT2D eigenvalue weighted by Crippen LogP contribution is 2.31. The minimum absolute atomic E-state index is 0.137. The standard InChI is InChI=1S/C13H10ClN3O3/c14-11-12(16-4-3-15-11)17-13(18)8-1-2-9-10(7-8)20-6-5-19-9/h1-4,7H,5-6H2,(H,16,17,18). The molecule has 0 saturated carbocycles. The molecule has 0 spiro atoms. The Labute approximate surface area is 119 Å². The van der Waals surface area contributed by atoms with Crippen molar-refractivity contribution in [2.75, 3.05) is 18.5 Å². The van der Waals surface area contributed by atoms with Gasteiger partial charge in [0.25, 0.3) is 5.91 Å². The Bertz CT molecular complexity index is 663. The van der Waals surface area contributed by atoms with Gasteiger partial charge in [0.1, 0.15) is 13.2 Å². The van der Waals surface area contributed by atoms with Gasteiger partial charge in [0.15, 0.2) is 22.5 Å². The first-order valence-corrected chi connectivity index (χ1v) is 6.29. The van der Waals surface area contributed by atoms with E-state index in [0.29, 0.717) is 30.3 Å². The molecule has 1 aromatic heterocycles. The van der Waals surface area contributed by atoms with Gasteiger partial charge in [-0.15, -0.1) is 0 Å². The third-order valence-corrected chi connectivity index (χ3v) is 2.97. The van der Waals surface area contributed by atoms with Crippen molar-refractivity contribution >= 4 is 23.3 Å². The minimum Gasteiger partial charge on any atom is -0.486 e. The Morgan fingerprint density at radius 2 is 1.90 bits per heavy atom. The number of carbonyl (C=O) groups is 1. The van der Waals surface area contributed by atoms with Crippen LogP contribution in [0.25, 0.3) is 0 Å². The normalized spacial score (nSPS) is 12.8. The van der Waals surface area contributed by atoms with Crippen molar-refractivity contribution in [3.63, 3.8) is 0 Å². The van der Waals surface area contributed by atoms with E-state index < -0.39 is 0 Å². The van der Waals surface area contributed by atoms with E-state index in [1.165, 1.54) is 12.4 Å². The van der Waals surface area contributed by atoms with Crippen LogP contribution in [0.4, 0.5) is 5.82 Å². The van der Waals surface area contributed by atoms with Crippen molar-refractivity contribution in [2.24, 2.45) is 0 Å². The molecule has 0 atom stereocenters. The van der Waals surface area contributed by atoms with Crippen LogP contribution in [-0.2, 0) is 0 Å². The van der Waals surface area contributed by atoms with E-state index in [4.69, 9.17) is 21.1 Å². The van der Waals surface area contributed by atoms with Crippen molar-refractivity contribution < 1.29 is 14.3 Å². The quantitative estimate of drug-likeness (QED) is 0.918. The zero-order chi connectivity index (χ0) is 13.9. The molecule has 0 unspecified atom stereocenters. The lowest BCUT2D eigenvalue weighted by Gasteiger charge is -2.18. The molecule has 1 amide bonds. The molecule has 0 aliphatic carbocycles. The number of amides is 1. The zero-order valence-corrected chi connectivity index (χ0v) is 11.1. The van der Waals surface area contributed by atoms with Crippen LogP contribution in [-0.4, -0.2) is 29.1 Å². The highest BCUT2D eigenvalue weighted by molar-refractivity contribution is 6.32. The summed E-state index contributed by atoms with van der Waals surface area (Å²) in [6, 6.07) is 4.96. The molecule has 0 saturated heterocycles. The van der Waals surface area contributed by atoms with Crippen LogP contribution in [0.1, 0.15) is 10.4 Å². The van der Waals surface area contributed by atoms with Crippen LogP contribution in [0.15, 0.2) is 30.6 Å². The van der Waals surface area contributed by atoms with E-state index in [-0.39, 0.29) is 16.9 Å². The maximum atomic E-state index is 12.1. The second kappa shape index (κ2) is 5.34. The molecule has 102 valence electrons. The molecule has 0 bridgehead atoms. The maximum Gasteiger partial charge on any atom is 0.257 e. The largest absolute Gasteiger partial charge is 0.486 e. The summed E-state index contributed by atoms with van der Waals surface area (Å²) in [5.74, 6) is 1.05. The molecule has 0 fully saturated rings. The third kappa shape index (κ3) is 2.50. The molecule has 2 aromatic rings. The number of nitrogens with zero attached hydrogens (tertiary/aromatic N) is 2. The number of hydrogen-bond donors (Lipinski definition) is 1. The Kier molecular flexibility index (Phi) is 3.39. The molecule has 1 aromatic carbocycles. The fourth-order valence-electron chi connectivity index (χ4n) is 1.77. The number of hydrogen-bond acceptors (Lipinski definition) is 5. The van der Waals surface area contributed by atoms with E-state index in [0.717, 1.165) is 0 Å². The highest BCUT2D eigenvalue weighted by atomic mass is 35.5. The summed E-state index contributed by atoms with van der Waals surface area (Å²) in [4.78, 5) is 19.9. The van der Waals surface area contributed by atoms with Gasteiger partial charge in [0.05, 0.1) is 0 Å². The third-order valence-electron chi connectivity index (χ3n) is 2.69. The van der Waals surface area contributed by atoms with Crippen molar-refractivity contribution in [3.05, 3.63) is 41.3 Å². The molecular formula is C13H10ClN3O3. The molecule has 7 heteroatoms. The monoisotopic (exact) mass is 291 g/mol. The summed E-state index contributed by atoms with van der Waals surface area (Å²) in [6.45, 7) is 0.974. The molecule has 1 N–H and O–H groups in total. The van der Waals surface area contributed by atoms with Crippen molar-refractivity contribution in [2.45, 2.75) is 0 Å². The number of benzene rings is 1. The smallest absolute Gasteiger partial charge is 0.257 e. The van der Waals surface area contributed by atoms with Crippen LogP contribution >= 0.6 is 11.6 Å². The van der Waals surface area contributed by atoms with Crippen LogP contribution in [0.2, 0.25) is 5.15 Å². The molecule has 2 heterocycles. The Balaban J connectivity index is 1.82. The topological polar surface area (TPSA) is 73.3 Å². The minimum atomic E-state index is -0.343. The maximum absolute atomic E-state index is 12.1. The molecule has 3 rings (SSSR count). The summed E-state index contributed by atoms with van der Waals surface area (Å²) < 4.78 is 10.8. The number of nitrogens with one attached hydrogen (secondary N) is 1. The summed E-state index contributed by atoms with van der Waals surface area (Å²) in [7, 11) is 0. The summed E-state index contributed by atoms with van der Waals surface area (Å²) in [5.41, 5.74) is 0.427. The summed E-state index contributed by atoms with van der Waals surface area (Å²) in [6.07, 6.45) is 2.90. The van der Waals surface area contributed by atoms with Gasteiger partial charge in [-0.3, -0.25) is 4.79 Å². The second-order valence-corrected chi connectivity index (χ2v) is 4.37. The number of aromatic nitrogens is 2. The van der Waals surface area contributed by atoms with Gasteiger partial charge < -0.3 is 14.8 Å². The average molecular weight is 292 g/mol. The van der Waals surface area contributed by atoms with E-state index in [9.17, 15) is 4.79 Å². The Hall–Kier alpha value is -2.34. The number of halogens is 1. The SMILES string of the molecule is O=C(Nc1nccnc1Cl)c1ccc2c(c1)OCCO2. The lowest BCUT2D eigenvalue weighted by Crippen LogP contribution is -2.17. The Morgan fingerprint density at radius 1 is 1.15 bits per heavy atom. The van der Waals surface area contributed by atoms with Gasteiger partial charge in [-0.1, -0.05) is 11.6 Å². The number of rotatable bonds is 2. The first-order valence-electron chi connectivity index (χ1n) is 5.91. The number of fused-ring (bicyclic) bond motifs is 1. The van der Waals surface area contributed by atoms with E-state index in [1.54, 1.807) is 18.2 Å². The fraction of sp³-hybridized carbons (Fsp3) is 0.154. The first kappa shape index (κ1) is 12.7. The van der Waals surface area contributed by atoms with Gasteiger partial charge in [-0.05, 0) is 18.2 Å². The Morgan fingerprint density at radius 3 is 2.70 bits per heavy atom. The van der Waals surface area contributed by atoms with Crippen molar-refractivity contribution in [1.82, 2.24) is 9.97 Å². The first-order chi connectivity index (χ1) is 9.74. The molecular weight excluding hydrogens is 282 g/mol. The van der Waals surface area contributed by atoms with Crippen molar-refractivity contribution in [3.8, 4) is 11.5 Å². The van der Waals surface area contributed by atoms with Crippen LogP contribution in [0.5, 0.6) is 11.5 Å². The van der Waals surface area contributed by atoms with Crippen LogP contribution in [0.3, 0.4) is 0 Å². The zero-order valence-electron chi connectivity index (χ0n) is 10.3. The predicted molar refractivity (Wildman–Crippen MR) is 72.4 cm³/mol. The van der Waals surface area contributed by atoms with Crippen LogP contribution < -0.4 is 14.8 Å². The molecule has 20 heavy (non-hydrogen) atoms. The predicted octanol–water partition coefficient (Wildman–Crippen LogP) is 2.15. The van der Waals surface area contributed by atoms with E-state index in [1.807, 2.05) is 0 Å². The summed E-state index contributed by atoms with van der Waals surface area (Å²) >= 11 is 5.84. The van der Waals surface area contributed by atoms with Gasteiger partial charge in [0, 0.05) is 18.0 Å². The van der Waals surface area contributed by atoms with E-state index >= 15 is 0 Å². The lowest BCUT2D eigenvalue weighted by atomic mass is 10.2. The van der Waals surface area contributed by atoms with E-state index in [2.05, 4.69) is 15.3 Å². The van der Waals surface area contributed by atoms with Gasteiger partial charge in [0.2, 0.25) is 0 Å². The lowest BCUT2D eigenvalue weighted by molar-refractivity contribution is 0.102. The van der Waals surface area contributed by atoms with Gasteiger partial charge >= 0.3 is 0 Å².